The zero-order valence-electron chi connectivity index (χ0n) is 11.3. The number of methoxy groups -OCH3 is 1. The fraction of sp³-hybridized carbons (Fsp3) is 0.125. The second-order valence-corrected chi connectivity index (χ2v) is 4.23. The van der Waals surface area contributed by atoms with E-state index in [9.17, 15) is 9.18 Å². The molecular formula is C16H12FNO3. The molecule has 0 amide bonds. The van der Waals surface area contributed by atoms with Crippen LogP contribution in [0.25, 0.3) is 0 Å². The molecule has 0 aliphatic heterocycles. The van der Waals surface area contributed by atoms with Crippen LogP contribution in [0.5, 0.6) is 5.75 Å². The quantitative estimate of drug-likeness (QED) is 0.810. The Morgan fingerprint density at radius 1 is 1.24 bits per heavy atom. The third kappa shape index (κ3) is 3.57. The van der Waals surface area contributed by atoms with E-state index >= 15 is 0 Å². The number of ether oxygens (including phenoxy) is 2. The maximum absolute atomic E-state index is 12.8. The van der Waals surface area contributed by atoms with E-state index in [1.807, 2.05) is 6.07 Å². The molecule has 0 heterocycles. The minimum Gasteiger partial charge on any atom is -0.487 e. The average molecular weight is 285 g/mol. The zero-order valence-corrected chi connectivity index (χ0v) is 11.3. The third-order valence-corrected chi connectivity index (χ3v) is 2.83. The first-order chi connectivity index (χ1) is 10.1. The molecular weight excluding hydrogens is 273 g/mol. The molecule has 0 aliphatic carbocycles. The van der Waals surface area contributed by atoms with Crippen molar-refractivity contribution in [1.82, 2.24) is 0 Å². The van der Waals surface area contributed by atoms with Crippen molar-refractivity contribution in [2.24, 2.45) is 0 Å². The first-order valence-electron chi connectivity index (χ1n) is 6.13. The smallest absolute Gasteiger partial charge is 0.337 e. The Balaban J connectivity index is 2.19. The lowest BCUT2D eigenvalue weighted by molar-refractivity contribution is 0.0600. The van der Waals surface area contributed by atoms with Gasteiger partial charge in [-0.2, -0.15) is 5.26 Å². The van der Waals surface area contributed by atoms with Gasteiger partial charge in [-0.15, -0.1) is 0 Å². The van der Waals surface area contributed by atoms with E-state index < -0.39 is 5.97 Å². The first kappa shape index (κ1) is 14.5. The molecule has 21 heavy (non-hydrogen) atoms. The van der Waals surface area contributed by atoms with Gasteiger partial charge in [0.1, 0.15) is 24.2 Å². The van der Waals surface area contributed by atoms with E-state index in [2.05, 4.69) is 4.74 Å². The summed E-state index contributed by atoms with van der Waals surface area (Å²) in [5, 5.41) is 9.04. The Morgan fingerprint density at radius 3 is 2.57 bits per heavy atom. The molecule has 2 rings (SSSR count). The summed E-state index contributed by atoms with van der Waals surface area (Å²) in [5.74, 6) is -0.556. The molecule has 0 aromatic heterocycles. The molecule has 2 aromatic carbocycles. The maximum Gasteiger partial charge on any atom is 0.337 e. The van der Waals surface area contributed by atoms with Gasteiger partial charge in [0.05, 0.1) is 18.2 Å². The summed E-state index contributed by atoms with van der Waals surface area (Å²) in [6.45, 7) is 0.166. The number of hydrogen-bond acceptors (Lipinski definition) is 4. The monoisotopic (exact) mass is 285 g/mol. The van der Waals surface area contributed by atoms with Gasteiger partial charge in [0, 0.05) is 0 Å². The number of carbonyl (C=O) groups excluding carboxylic acids is 1. The molecule has 5 heteroatoms. The minimum atomic E-state index is -0.508. The zero-order chi connectivity index (χ0) is 15.2. The van der Waals surface area contributed by atoms with E-state index in [0.717, 1.165) is 5.56 Å². The Bertz CT molecular complexity index is 690. The highest BCUT2D eigenvalue weighted by molar-refractivity contribution is 5.90. The number of nitrogens with zero attached hydrogens (tertiary/aromatic N) is 1. The van der Waals surface area contributed by atoms with Crippen molar-refractivity contribution in [3.63, 3.8) is 0 Å². The number of carbonyl (C=O) groups is 1. The largest absolute Gasteiger partial charge is 0.487 e. The molecule has 0 spiro atoms. The van der Waals surface area contributed by atoms with Crippen LogP contribution in [0.3, 0.4) is 0 Å². The van der Waals surface area contributed by atoms with Crippen molar-refractivity contribution < 1.29 is 18.7 Å². The molecule has 2 aromatic rings. The van der Waals surface area contributed by atoms with Crippen molar-refractivity contribution in [3.05, 3.63) is 65.0 Å². The fourth-order valence-corrected chi connectivity index (χ4v) is 1.72. The normalized spacial score (nSPS) is 9.76. The van der Waals surface area contributed by atoms with Crippen molar-refractivity contribution in [3.8, 4) is 11.8 Å². The van der Waals surface area contributed by atoms with Crippen LogP contribution in [-0.4, -0.2) is 13.1 Å². The van der Waals surface area contributed by atoms with Crippen molar-refractivity contribution in [2.75, 3.05) is 7.11 Å². The van der Waals surface area contributed by atoms with Gasteiger partial charge in [0.15, 0.2) is 0 Å². The average Bonchev–Trinajstić information content (AvgIpc) is 2.53. The number of nitriles is 1. The predicted octanol–water partition coefficient (Wildman–Crippen LogP) is 3.06. The molecule has 0 fully saturated rings. The molecule has 0 saturated carbocycles. The molecule has 0 bridgehead atoms. The molecule has 106 valence electrons. The lowest BCUT2D eigenvalue weighted by atomic mass is 10.1. The van der Waals surface area contributed by atoms with Crippen LogP contribution in [-0.2, 0) is 11.3 Å². The van der Waals surface area contributed by atoms with Crippen molar-refractivity contribution in [1.29, 1.82) is 5.26 Å². The molecule has 0 radical (unpaired) electrons. The summed E-state index contributed by atoms with van der Waals surface area (Å²) in [5.41, 5.74) is 1.36. The standard InChI is InChI=1S/C16H12FNO3/c1-20-16(19)12-4-5-13(9-18)15(8-12)21-10-11-2-6-14(17)7-3-11/h2-8H,10H2,1H3. The second-order valence-electron chi connectivity index (χ2n) is 4.23. The Morgan fingerprint density at radius 2 is 1.95 bits per heavy atom. The van der Waals surface area contributed by atoms with Crippen LogP contribution in [0.2, 0.25) is 0 Å². The van der Waals surface area contributed by atoms with Gasteiger partial charge in [0.2, 0.25) is 0 Å². The SMILES string of the molecule is COC(=O)c1ccc(C#N)c(OCc2ccc(F)cc2)c1. The van der Waals surface area contributed by atoms with E-state index in [0.29, 0.717) is 11.1 Å². The van der Waals surface area contributed by atoms with Crippen LogP contribution in [0.15, 0.2) is 42.5 Å². The van der Waals surface area contributed by atoms with Crippen LogP contribution >= 0.6 is 0 Å². The van der Waals surface area contributed by atoms with Gasteiger partial charge in [-0.05, 0) is 35.9 Å². The molecule has 0 N–H and O–H groups in total. The highest BCUT2D eigenvalue weighted by atomic mass is 19.1. The van der Waals surface area contributed by atoms with Gasteiger partial charge in [-0.1, -0.05) is 12.1 Å². The minimum absolute atomic E-state index is 0.166. The first-order valence-corrected chi connectivity index (χ1v) is 6.13. The summed E-state index contributed by atoms with van der Waals surface area (Å²) in [4.78, 5) is 11.5. The van der Waals surface area contributed by atoms with E-state index in [4.69, 9.17) is 10.00 Å². The van der Waals surface area contributed by atoms with Gasteiger partial charge >= 0.3 is 5.97 Å². The highest BCUT2D eigenvalue weighted by Crippen LogP contribution is 2.21. The van der Waals surface area contributed by atoms with Gasteiger partial charge in [0.25, 0.3) is 0 Å². The van der Waals surface area contributed by atoms with Gasteiger partial charge in [-0.25, -0.2) is 9.18 Å². The van der Waals surface area contributed by atoms with Gasteiger partial charge in [-0.3, -0.25) is 0 Å². The number of esters is 1. The Labute approximate surface area is 121 Å². The summed E-state index contributed by atoms with van der Waals surface area (Å²) in [6.07, 6.45) is 0. The van der Waals surface area contributed by atoms with Gasteiger partial charge < -0.3 is 9.47 Å². The molecule has 0 atom stereocenters. The van der Waals surface area contributed by atoms with Crippen LogP contribution < -0.4 is 4.74 Å². The lowest BCUT2D eigenvalue weighted by Gasteiger charge is -2.09. The van der Waals surface area contributed by atoms with E-state index in [-0.39, 0.29) is 18.2 Å². The van der Waals surface area contributed by atoms with Crippen LogP contribution in [0.4, 0.5) is 4.39 Å². The number of rotatable bonds is 4. The number of halogens is 1. The van der Waals surface area contributed by atoms with Crippen molar-refractivity contribution in [2.45, 2.75) is 6.61 Å². The maximum atomic E-state index is 12.8. The highest BCUT2D eigenvalue weighted by Gasteiger charge is 2.11. The van der Waals surface area contributed by atoms with E-state index in [1.165, 1.54) is 37.4 Å². The second kappa shape index (κ2) is 6.53. The summed E-state index contributed by atoms with van der Waals surface area (Å²) < 4.78 is 23.0. The number of benzene rings is 2. The third-order valence-electron chi connectivity index (χ3n) is 2.83. The summed E-state index contributed by atoms with van der Waals surface area (Å²) >= 11 is 0. The molecule has 0 aliphatic rings. The van der Waals surface area contributed by atoms with Crippen LogP contribution in [0.1, 0.15) is 21.5 Å². The summed E-state index contributed by atoms with van der Waals surface area (Å²) in [6, 6.07) is 12.3. The lowest BCUT2D eigenvalue weighted by Crippen LogP contribution is -2.03. The van der Waals surface area contributed by atoms with E-state index in [1.54, 1.807) is 12.1 Å². The van der Waals surface area contributed by atoms with Crippen LogP contribution in [0, 0.1) is 17.1 Å². The summed E-state index contributed by atoms with van der Waals surface area (Å²) in [7, 11) is 1.28. The topological polar surface area (TPSA) is 59.3 Å². The molecule has 4 nitrogen and oxygen atoms in total. The molecule has 0 unspecified atom stereocenters. The predicted molar refractivity (Wildman–Crippen MR) is 73.2 cm³/mol. The van der Waals surface area contributed by atoms with Crippen molar-refractivity contribution >= 4 is 5.97 Å². The fourth-order valence-electron chi connectivity index (χ4n) is 1.72. The number of hydrogen-bond donors (Lipinski definition) is 0. The Hall–Kier alpha value is -2.87. The molecule has 0 saturated heterocycles. The Kier molecular flexibility index (Phi) is 4.52.